The highest BCUT2D eigenvalue weighted by Gasteiger charge is 2.35. The van der Waals surface area contributed by atoms with Crippen molar-refractivity contribution in [1.82, 2.24) is 0 Å². The van der Waals surface area contributed by atoms with Crippen molar-refractivity contribution in [3.05, 3.63) is 117 Å². The molecule has 1 heterocycles. The number of nitrogens with one attached hydrogen (secondary N) is 1. The summed E-state index contributed by atoms with van der Waals surface area (Å²) < 4.78 is 0. The average Bonchev–Trinajstić information content (AvgIpc) is 3.28. The third-order valence-corrected chi connectivity index (χ3v) is 7.29. The van der Waals surface area contributed by atoms with Gasteiger partial charge in [0, 0.05) is 51.4 Å². The standard InChI is InChI=1S/C30H29Cl2N3/c1-20-4-11-25(12-5-20)34-16-17-35(26-13-6-21(2)7-14-26)30(34)27-18-23(31)9-15-29(27)33-24-10-8-22(3)28(32)19-24/h4-15,18-19,30,33H,16-17H2,1-3H3. The number of hydrogen-bond acceptors (Lipinski definition) is 3. The zero-order chi connectivity index (χ0) is 24.5. The highest BCUT2D eigenvalue weighted by molar-refractivity contribution is 6.31. The van der Waals surface area contributed by atoms with Crippen LogP contribution in [-0.2, 0) is 0 Å². The van der Waals surface area contributed by atoms with Crippen LogP contribution in [0.15, 0.2) is 84.9 Å². The molecule has 0 aliphatic carbocycles. The van der Waals surface area contributed by atoms with Crippen LogP contribution in [0.5, 0.6) is 0 Å². The van der Waals surface area contributed by atoms with Gasteiger partial charge >= 0.3 is 0 Å². The molecule has 3 nitrogen and oxygen atoms in total. The first-order chi connectivity index (χ1) is 16.9. The van der Waals surface area contributed by atoms with E-state index in [-0.39, 0.29) is 6.17 Å². The maximum atomic E-state index is 6.59. The Labute approximate surface area is 217 Å². The van der Waals surface area contributed by atoms with Crippen molar-refractivity contribution in [2.24, 2.45) is 0 Å². The molecule has 178 valence electrons. The third-order valence-electron chi connectivity index (χ3n) is 6.65. The molecule has 0 saturated carbocycles. The summed E-state index contributed by atoms with van der Waals surface area (Å²) in [5.41, 5.74) is 9.02. The Kier molecular flexibility index (Phi) is 6.64. The zero-order valence-corrected chi connectivity index (χ0v) is 21.7. The van der Waals surface area contributed by atoms with Crippen LogP contribution < -0.4 is 15.1 Å². The van der Waals surface area contributed by atoms with E-state index in [1.165, 1.54) is 22.5 Å². The highest BCUT2D eigenvalue weighted by atomic mass is 35.5. The van der Waals surface area contributed by atoms with Crippen molar-refractivity contribution in [2.75, 3.05) is 28.2 Å². The molecule has 35 heavy (non-hydrogen) atoms. The third kappa shape index (κ3) is 4.98. The van der Waals surface area contributed by atoms with E-state index in [9.17, 15) is 0 Å². The van der Waals surface area contributed by atoms with Crippen molar-refractivity contribution < 1.29 is 0 Å². The lowest BCUT2D eigenvalue weighted by Gasteiger charge is -2.35. The van der Waals surface area contributed by atoms with Gasteiger partial charge in [-0.3, -0.25) is 0 Å². The fourth-order valence-corrected chi connectivity index (χ4v) is 5.03. The minimum atomic E-state index is -0.0254. The molecule has 0 amide bonds. The van der Waals surface area contributed by atoms with Crippen molar-refractivity contribution in [1.29, 1.82) is 0 Å². The lowest BCUT2D eigenvalue weighted by Crippen LogP contribution is -2.31. The van der Waals surface area contributed by atoms with Crippen LogP contribution in [0, 0.1) is 20.8 Å². The highest BCUT2D eigenvalue weighted by Crippen LogP contribution is 2.42. The Bertz CT molecular complexity index is 1280. The molecule has 1 saturated heterocycles. The minimum Gasteiger partial charge on any atom is -0.355 e. The van der Waals surface area contributed by atoms with Crippen molar-refractivity contribution in [3.8, 4) is 0 Å². The fraction of sp³-hybridized carbons (Fsp3) is 0.200. The van der Waals surface area contributed by atoms with Crippen LogP contribution in [0.3, 0.4) is 0 Å². The molecule has 0 radical (unpaired) electrons. The van der Waals surface area contributed by atoms with E-state index in [0.717, 1.165) is 40.6 Å². The normalized spacial score (nSPS) is 14.0. The van der Waals surface area contributed by atoms with Gasteiger partial charge in [0.25, 0.3) is 0 Å². The van der Waals surface area contributed by atoms with Gasteiger partial charge in [-0.15, -0.1) is 0 Å². The predicted molar refractivity (Wildman–Crippen MR) is 151 cm³/mol. The van der Waals surface area contributed by atoms with E-state index in [1.807, 2.05) is 25.1 Å². The first kappa shape index (κ1) is 23.6. The molecule has 0 atom stereocenters. The van der Waals surface area contributed by atoms with Crippen LogP contribution in [0.1, 0.15) is 28.4 Å². The molecule has 0 bridgehead atoms. The number of rotatable bonds is 5. The van der Waals surface area contributed by atoms with E-state index in [2.05, 4.69) is 95.7 Å². The first-order valence-corrected chi connectivity index (χ1v) is 12.6. The van der Waals surface area contributed by atoms with Gasteiger partial charge in [0.05, 0.1) is 0 Å². The Morgan fingerprint density at radius 1 is 0.686 bits per heavy atom. The van der Waals surface area contributed by atoms with E-state index in [4.69, 9.17) is 23.2 Å². The Balaban J connectivity index is 1.61. The van der Waals surface area contributed by atoms with Crippen molar-refractivity contribution in [3.63, 3.8) is 0 Å². The maximum absolute atomic E-state index is 6.59. The van der Waals surface area contributed by atoms with Gasteiger partial charge in [-0.2, -0.15) is 0 Å². The van der Waals surface area contributed by atoms with Gasteiger partial charge in [0.15, 0.2) is 0 Å². The Morgan fingerprint density at radius 2 is 1.26 bits per heavy atom. The molecule has 4 aromatic carbocycles. The summed E-state index contributed by atoms with van der Waals surface area (Å²) in [4.78, 5) is 4.91. The predicted octanol–water partition coefficient (Wildman–Crippen LogP) is 8.69. The summed E-state index contributed by atoms with van der Waals surface area (Å²) in [6.07, 6.45) is -0.0254. The summed E-state index contributed by atoms with van der Waals surface area (Å²) in [5, 5.41) is 5.07. The Hall–Kier alpha value is -3.14. The quantitative estimate of drug-likeness (QED) is 0.295. The van der Waals surface area contributed by atoms with Gasteiger partial charge in [0.1, 0.15) is 6.17 Å². The Morgan fingerprint density at radius 3 is 1.80 bits per heavy atom. The van der Waals surface area contributed by atoms with Crippen LogP contribution in [-0.4, -0.2) is 13.1 Å². The van der Waals surface area contributed by atoms with Gasteiger partial charge in [-0.1, -0.05) is 64.7 Å². The van der Waals surface area contributed by atoms with E-state index in [1.54, 1.807) is 0 Å². The molecule has 5 heteroatoms. The van der Waals surface area contributed by atoms with Gasteiger partial charge < -0.3 is 15.1 Å². The van der Waals surface area contributed by atoms with Crippen LogP contribution in [0.4, 0.5) is 22.7 Å². The number of anilines is 4. The van der Waals surface area contributed by atoms with E-state index in [0.29, 0.717) is 5.02 Å². The molecule has 1 fully saturated rings. The monoisotopic (exact) mass is 501 g/mol. The summed E-state index contributed by atoms with van der Waals surface area (Å²) in [7, 11) is 0. The molecule has 0 spiro atoms. The van der Waals surface area contributed by atoms with Crippen LogP contribution in [0.2, 0.25) is 10.0 Å². The number of hydrogen-bond donors (Lipinski definition) is 1. The number of aryl methyl sites for hydroxylation is 3. The summed E-state index contributed by atoms with van der Waals surface area (Å²) in [6, 6.07) is 29.7. The summed E-state index contributed by atoms with van der Waals surface area (Å²) in [5.74, 6) is 0. The van der Waals surface area contributed by atoms with E-state index >= 15 is 0 Å². The first-order valence-electron chi connectivity index (χ1n) is 11.9. The lowest BCUT2D eigenvalue weighted by atomic mass is 10.1. The topological polar surface area (TPSA) is 18.5 Å². The zero-order valence-electron chi connectivity index (χ0n) is 20.2. The van der Waals surface area contributed by atoms with Gasteiger partial charge in [0.2, 0.25) is 0 Å². The molecule has 1 N–H and O–H groups in total. The molecule has 1 aliphatic heterocycles. The minimum absolute atomic E-state index is 0.0254. The largest absolute Gasteiger partial charge is 0.355 e. The smallest absolute Gasteiger partial charge is 0.130 e. The van der Waals surface area contributed by atoms with Crippen LogP contribution >= 0.6 is 23.2 Å². The second-order valence-corrected chi connectivity index (χ2v) is 10.1. The van der Waals surface area contributed by atoms with Crippen LogP contribution in [0.25, 0.3) is 0 Å². The van der Waals surface area contributed by atoms with Crippen molar-refractivity contribution in [2.45, 2.75) is 26.9 Å². The molecule has 5 rings (SSSR count). The fourth-order valence-electron chi connectivity index (χ4n) is 4.66. The number of halogens is 2. The maximum Gasteiger partial charge on any atom is 0.130 e. The molecule has 4 aromatic rings. The van der Waals surface area contributed by atoms with Crippen molar-refractivity contribution >= 4 is 46.0 Å². The molecule has 0 aromatic heterocycles. The number of nitrogens with zero attached hydrogens (tertiary/aromatic N) is 2. The second-order valence-electron chi connectivity index (χ2n) is 9.25. The average molecular weight is 502 g/mol. The molecular formula is C30H29Cl2N3. The number of benzene rings is 4. The second kappa shape index (κ2) is 9.85. The molecular weight excluding hydrogens is 473 g/mol. The molecule has 0 unspecified atom stereocenters. The summed E-state index contributed by atoms with van der Waals surface area (Å²) in [6.45, 7) is 8.07. The van der Waals surface area contributed by atoms with Gasteiger partial charge in [-0.05, 0) is 80.9 Å². The SMILES string of the molecule is Cc1ccc(N2CCN(c3ccc(C)cc3)C2c2cc(Cl)ccc2Nc2ccc(C)c(Cl)c2)cc1. The van der Waals surface area contributed by atoms with E-state index < -0.39 is 0 Å². The lowest BCUT2D eigenvalue weighted by molar-refractivity contribution is 0.719. The summed E-state index contributed by atoms with van der Waals surface area (Å²) >= 11 is 13.0. The molecule has 1 aliphatic rings. The van der Waals surface area contributed by atoms with Gasteiger partial charge in [-0.25, -0.2) is 0 Å².